The maximum absolute atomic E-state index is 5.83. The van der Waals surface area contributed by atoms with Crippen LogP contribution in [-0.2, 0) is 11.3 Å². The molecule has 0 bridgehead atoms. The van der Waals surface area contributed by atoms with Gasteiger partial charge in [-0.3, -0.25) is 9.88 Å². The second-order valence-corrected chi connectivity index (χ2v) is 5.85. The lowest BCUT2D eigenvalue weighted by Crippen LogP contribution is -2.39. The fourth-order valence-corrected chi connectivity index (χ4v) is 3.19. The number of pyridine rings is 1. The lowest BCUT2D eigenvalue weighted by Gasteiger charge is -2.33. The molecular formula is C17H24N2O. The van der Waals surface area contributed by atoms with Crippen molar-refractivity contribution >= 4 is 0 Å². The molecule has 3 heteroatoms. The molecule has 3 nitrogen and oxygen atoms in total. The first-order chi connectivity index (χ1) is 9.92. The third kappa shape index (κ3) is 3.68. The summed E-state index contributed by atoms with van der Waals surface area (Å²) >= 11 is 0. The van der Waals surface area contributed by atoms with Gasteiger partial charge < -0.3 is 4.74 Å². The minimum atomic E-state index is 0.419. The quantitative estimate of drug-likeness (QED) is 0.770. The van der Waals surface area contributed by atoms with Gasteiger partial charge in [-0.05, 0) is 43.7 Å². The predicted octanol–water partition coefficient (Wildman–Crippen LogP) is 3.17. The van der Waals surface area contributed by atoms with E-state index in [1.54, 1.807) is 0 Å². The fourth-order valence-electron chi connectivity index (χ4n) is 3.19. The van der Waals surface area contributed by atoms with Gasteiger partial charge in [-0.25, -0.2) is 0 Å². The number of ether oxygens (including phenoxy) is 1. The van der Waals surface area contributed by atoms with Gasteiger partial charge in [-0.15, -0.1) is 0 Å². The van der Waals surface area contributed by atoms with E-state index < -0.39 is 0 Å². The van der Waals surface area contributed by atoms with Crippen LogP contribution in [0.4, 0.5) is 0 Å². The van der Waals surface area contributed by atoms with Crippen LogP contribution in [0.3, 0.4) is 0 Å². The summed E-state index contributed by atoms with van der Waals surface area (Å²) in [6.45, 7) is 2.96. The van der Waals surface area contributed by atoms with E-state index in [2.05, 4.69) is 28.1 Å². The van der Waals surface area contributed by atoms with Crippen molar-refractivity contribution in [3.8, 4) is 0 Å². The minimum absolute atomic E-state index is 0.419. The van der Waals surface area contributed by atoms with Crippen molar-refractivity contribution in [1.29, 1.82) is 0 Å². The van der Waals surface area contributed by atoms with Crippen LogP contribution in [0.5, 0.6) is 0 Å². The lowest BCUT2D eigenvalue weighted by molar-refractivity contribution is 0.0586. The van der Waals surface area contributed by atoms with Crippen LogP contribution in [0, 0.1) is 0 Å². The molecule has 2 heterocycles. The zero-order chi connectivity index (χ0) is 13.6. The molecule has 0 spiro atoms. The Morgan fingerprint density at radius 2 is 2.30 bits per heavy atom. The van der Waals surface area contributed by atoms with Crippen LogP contribution < -0.4 is 0 Å². The molecule has 108 valence electrons. The van der Waals surface area contributed by atoms with E-state index >= 15 is 0 Å². The van der Waals surface area contributed by atoms with E-state index in [1.165, 1.54) is 37.7 Å². The normalized spacial score (nSPS) is 26.2. The van der Waals surface area contributed by atoms with Crippen LogP contribution in [-0.4, -0.2) is 35.2 Å². The van der Waals surface area contributed by atoms with E-state index in [0.29, 0.717) is 12.1 Å². The highest BCUT2D eigenvalue weighted by atomic mass is 16.5. The average Bonchev–Trinajstić information content (AvgIpc) is 3.02. The molecule has 0 aromatic carbocycles. The van der Waals surface area contributed by atoms with Crippen molar-refractivity contribution in [3.05, 3.63) is 42.2 Å². The van der Waals surface area contributed by atoms with Crippen LogP contribution in [0.1, 0.15) is 37.7 Å². The molecule has 3 rings (SSSR count). The Morgan fingerprint density at radius 3 is 3.00 bits per heavy atom. The van der Waals surface area contributed by atoms with Gasteiger partial charge in [0.15, 0.2) is 0 Å². The molecule has 0 unspecified atom stereocenters. The van der Waals surface area contributed by atoms with Crippen molar-refractivity contribution in [2.45, 2.75) is 50.8 Å². The summed E-state index contributed by atoms with van der Waals surface area (Å²) in [5, 5.41) is 0. The van der Waals surface area contributed by atoms with Crippen LogP contribution >= 0.6 is 0 Å². The zero-order valence-electron chi connectivity index (χ0n) is 12.1. The van der Waals surface area contributed by atoms with E-state index in [0.717, 1.165) is 19.7 Å². The summed E-state index contributed by atoms with van der Waals surface area (Å²) < 4.78 is 5.83. The van der Waals surface area contributed by atoms with Gasteiger partial charge in [0.1, 0.15) is 0 Å². The van der Waals surface area contributed by atoms with Gasteiger partial charge >= 0.3 is 0 Å². The number of rotatable bonds is 5. The van der Waals surface area contributed by atoms with E-state index in [1.807, 2.05) is 18.5 Å². The molecule has 0 radical (unpaired) electrons. The second-order valence-electron chi connectivity index (χ2n) is 5.85. The second kappa shape index (κ2) is 7.00. The number of hydrogen-bond acceptors (Lipinski definition) is 3. The number of aromatic nitrogens is 1. The molecule has 0 amide bonds. The molecule has 1 fully saturated rings. The molecule has 0 saturated carbocycles. The van der Waals surface area contributed by atoms with Crippen molar-refractivity contribution in [3.63, 3.8) is 0 Å². The summed E-state index contributed by atoms with van der Waals surface area (Å²) in [5.74, 6) is 0. The van der Waals surface area contributed by atoms with Crippen LogP contribution in [0.2, 0.25) is 0 Å². The lowest BCUT2D eigenvalue weighted by atomic mass is 10.00. The Morgan fingerprint density at radius 1 is 1.30 bits per heavy atom. The highest BCUT2D eigenvalue weighted by Crippen LogP contribution is 2.22. The minimum Gasteiger partial charge on any atom is -0.377 e. The first-order valence-corrected chi connectivity index (χ1v) is 7.83. The summed E-state index contributed by atoms with van der Waals surface area (Å²) in [7, 11) is 0. The van der Waals surface area contributed by atoms with Crippen molar-refractivity contribution in [2.75, 3.05) is 13.2 Å². The molecule has 1 saturated heterocycles. The van der Waals surface area contributed by atoms with E-state index in [9.17, 15) is 0 Å². The van der Waals surface area contributed by atoms with Crippen LogP contribution in [0.15, 0.2) is 36.7 Å². The monoisotopic (exact) mass is 272 g/mol. The molecule has 2 aliphatic rings. The summed E-state index contributed by atoms with van der Waals surface area (Å²) in [6, 6.07) is 4.76. The Hall–Kier alpha value is -1.19. The molecule has 1 aromatic heterocycles. The van der Waals surface area contributed by atoms with Gasteiger partial charge in [-0.2, -0.15) is 0 Å². The van der Waals surface area contributed by atoms with E-state index in [4.69, 9.17) is 4.74 Å². The Balaban J connectivity index is 1.68. The Labute approximate surface area is 121 Å². The van der Waals surface area contributed by atoms with Crippen molar-refractivity contribution in [1.82, 2.24) is 9.88 Å². The molecule has 1 aliphatic heterocycles. The SMILES string of the molecule is C1=C[C@@H](N(Cc2cccnc2)C[C@@H]2CCCO2)CCC1. The summed E-state index contributed by atoms with van der Waals surface area (Å²) in [6.07, 6.45) is 15.2. The summed E-state index contributed by atoms with van der Waals surface area (Å²) in [4.78, 5) is 6.81. The van der Waals surface area contributed by atoms with Gasteiger partial charge in [0.25, 0.3) is 0 Å². The standard InChI is InChI=1S/C17H24N2O/c1-2-7-16(8-3-1)19(14-17-9-5-11-20-17)13-15-6-4-10-18-12-15/h2,4,6-7,10,12,16-17H,1,3,5,8-9,11,13-14H2/t16-,17+/m1/s1. The highest BCUT2D eigenvalue weighted by Gasteiger charge is 2.24. The van der Waals surface area contributed by atoms with Crippen molar-refractivity contribution < 1.29 is 4.74 Å². The molecule has 1 aromatic rings. The van der Waals surface area contributed by atoms with Gasteiger partial charge in [0.05, 0.1) is 6.10 Å². The molecule has 1 aliphatic carbocycles. The van der Waals surface area contributed by atoms with Gasteiger partial charge in [0, 0.05) is 38.1 Å². The van der Waals surface area contributed by atoms with Gasteiger partial charge in [0.2, 0.25) is 0 Å². The maximum Gasteiger partial charge on any atom is 0.0703 e. The fraction of sp³-hybridized carbons (Fsp3) is 0.588. The molecule has 2 atom stereocenters. The number of hydrogen-bond donors (Lipinski definition) is 0. The number of allylic oxidation sites excluding steroid dienone is 1. The number of nitrogens with zero attached hydrogens (tertiary/aromatic N) is 2. The average molecular weight is 272 g/mol. The molecule has 20 heavy (non-hydrogen) atoms. The van der Waals surface area contributed by atoms with Crippen molar-refractivity contribution in [2.24, 2.45) is 0 Å². The largest absolute Gasteiger partial charge is 0.377 e. The third-order valence-electron chi connectivity index (χ3n) is 4.27. The Kier molecular flexibility index (Phi) is 4.82. The topological polar surface area (TPSA) is 25.4 Å². The summed E-state index contributed by atoms with van der Waals surface area (Å²) in [5.41, 5.74) is 1.30. The third-order valence-corrected chi connectivity index (χ3v) is 4.27. The van der Waals surface area contributed by atoms with Crippen LogP contribution in [0.25, 0.3) is 0 Å². The maximum atomic E-state index is 5.83. The highest BCUT2D eigenvalue weighted by molar-refractivity contribution is 5.10. The molecular weight excluding hydrogens is 248 g/mol. The van der Waals surface area contributed by atoms with Gasteiger partial charge in [-0.1, -0.05) is 18.2 Å². The Bertz CT molecular complexity index is 426. The first kappa shape index (κ1) is 13.8. The molecule has 0 N–H and O–H groups in total. The smallest absolute Gasteiger partial charge is 0.0703 e. The predicted molar refractivity (Wildman–Crippen MR) is 80.4 cm³/mol. The van der Waals surface area contributed by atoms with E-state index in [-0.39, 0.29) is 0 Å². The first-order valence-electron chi connectivity index (χ1n) is 7.83. The zero-order valence-corrected chi connectivity index (χ0v) is 12.1.